The van der Waals surface area contributed by atoms with Crippen molar-refractivity contribution in [3.63, 3.8) is 0 Å². The number of halogens is 3. The number of hydrogen-bond donors (Lipinski definition) is 1. The van der Waals surface area contributed by atoms with Gasteiger partial charge in [0.05, 0.1) is 6.04 Å². The maximum Gasteiger partial charge on any atom is 0.134 e. The molecule has 0 radical (unpaired) electrons. The number of fused-ring (bicyclic) bond motifs is 1. The normalized spacial score (nSPS) is 12.6. The van der Waals surface area contributed by atoms with Gasteiger partial charge in [-0.1, -0.05) is 31.9 Å². The molecular formula is C16H12Br3NO. The molecule has 1 N–H and O–H groups in total. The first kappa shape index (κ1) is 15.1. The zero-order valence-corrected chi connectivity index (χ0v) is 15.9. The average molecular weight is 474 g/mol. The maximum atomic E-state index is 5.91. The Morgan fingerprint density at radius 1 is 0.952 bits per heavy atom. The Labute approximate surface area is 148 Å². The third kappa shape index (κ3) is 3.35. The second-order valence-electron chi connectivity index (χ2n) is 4.82. The van der Waals surface area contributed by atoms with E-state index in [1.807, 2.05) is 30.3 Å². The van der Waals surface area contributed by atoms with Crippen LogP contribution in [0.15, 0.2) is 60.3 Å². The molecule has 3 aromatic rings. The molecule has 0 spiro atoms. The summed E-state index contributed by atoms with van der Waals surface area (Å²) < 4.78 is 9.03. The van der Waals surface area contributed by atoms with Gasteiger partial charge in [-0.3, -0.25) is 0 Å². The van der Waals surface area contributed by atoms with Crippen LogP contribution in [0.4, 0.5) is 5.69 Å². The fourth-order valence-corrected chi connectivity index (χ4v) is 3.70. The number of anilines is 1. The van der Waals surface area contributed by atoms with Crippen LogP contribution in [0.1, 0.15) is 18.7 Å². The molecule has 0 aliphatic rings. The third-order valence-electron chi connectivity index (χ3n) is 3.23. The van der Waals surface area contributed by atoms with Gasteiger partial charge in [-0.2, -0.15) is 0 Å². The first-order chi connectivity index (χ1) is 10.0. The van der Waals surface area contributed by atoms with E-state index < -0.39 is 0 Å². The smallest absolute Gasteiger partial charge is 0.134 e. The summed E-state index contributed by atoms with van der Waals surface area (Å²) in [6.45, 7) is 2.08. The van der Waals surface area contributed by atoms with Gasteiger partial charge in [-0.15, -0.1) is 0 Å². The summed E-state index contributed by atoms with van der Waals surface area (Å²) in [6.07, 6.45) is 0. The topological polar surface area (TPSA) is 25.2 Å². The van der Waals surface area contributed by atoms with Gasteiger partial charge >= 0.3 is 0 Å². The van der Waals surface area contributed by atoms with Gasteiger partial charge in [0.25, 0.3) is 0 Å². The molecule has 108 valence electrons. The zero-order valence-electron chi connectivity index (χ0n) is 11.2. The Bertz CT molecular complexity index is 797. The van der Waals surface area contributed by atoms with E-state index in [-0.39, 0.29) is 6.04 Å². The number of nitrogens with one attached hydrogen (secondary N) is 1. The van der Waals surface area contributed by atoms with Crippen molar-refractivity contribution < 1.29 is 4.42 Å². The summed E-state index contributed by atoms with van der Waals surface area (Å²) in [5.41, 5.74) is 1.93. The molecule has 0 fully saturated rings. The lowest BCUT2D eigenvalue weighted by Gasteiger charge is -2.14. The molecular weight excluding hydrogens is 462 g/mol. The van der Waals surface area contributed by atoms with Gasteiger partial charge in [0.1, 0.15) is 11.3 Å². The van der Waals surface area contributed by atoms with Gasteiger partial charge in [-0.25, -0.2) is 0 Å². The van der Waals surface area contributed by atoms with Crippen LogP contribution in [0, 0.1) is 0 Å². The summed E-state index contributed by atoms with van der Waals surface area (Å²) in [5.74, 6) is 0.915. The van der Waals surface area contributed by atoms with E-state index in [9.17, 15) is 0 Å². The highest BCUT2D eigenvalue weighted by Gasteiger charge is 2.13. The van der Waals surface area contributed by atoms with E-state index in [1.165, 1.54) is 0 Å². The van der Waals surface area contributed by atoms with Gasteiger partial charge in [-0.05, 0) is 65.3 Å². The Hall–Kier alpha value is -0.780. The third-order valence-corrected chi connectivity index (χ3v) is 4.87. The summed E-state index contributed by atoms with van der Waals surface area (Å²) >= 11 is 10.5. The molecule has 3 rings (SSSR count). The van der Waals surface area contributed by atoms with E-state index in [0.29, 0.717) is 0 Å². The van der Waals surface area contributed by atoms with Crippen molar-refractivity contribution in [3.05, 3.63) is 61.6 Å². The quantitative estimate of drug-likeness (QED) is 0.448. The fraction of sp³-hybridized carbons (Fsp3) is 0.125. The summed E-state index contributed by atoms with van der Waals surface area (Å²) in [5, 5.41) is 4.56. The molecule has 0 aliphatic carbocycles. The van der Waals surface area contributed by atoms with Crippen LogP contribution in [-0.4, -0.2) is 0 Å². The standard InChI is InChI=1S/C16H12Br3NO/c1-9(20-14-4-2-12(18)8-13(14)19)16-7-10-6-11(17)3-5-15(10)21-16/h2-9,20H,1H3. The summed E-state index contributed by atoms with van der Waals surface area (Å²) in [4.78, 5) is 0. The van der Waals surface area contributed by atoms with E-state index in [4.69, 9.17) is 4.42 Å². The highest BCUT2D eigenvalue weighted by Crippen LogP contribution is 2.31. The molecule has 1 aromatic heterocycles. The second kappa shape index (κ2) is 6.15. The van der Waals surface area contributed by atoms with E-state index in [0.717, 1.165) is 35.8 Å². The first-order valence-corrected chi connectivity index (χ1v) is 8.81. The predicted molar refractivity (Wildman–Crippen MR) is 97.8 cm³/mol. The van der Waals surface area contributed by atoms with Crippen LogP contribution in [-0.2, 0) is 0 Å². The highest BCUT2D eigenvalue weighted by atomic mass is 79.9. The Morgan fingerprint density at radius 3 is 2.43 bits per heavy atom. The van der Waals surface area contributed by atoms with Gasteiger partial charge in [0.2, 0.25) is 0 Å². The lowest BCUT2D eigenvalue weighted by atomic mass is 10.2. The number of furan rings is 1. The minimum absolute atomic E-state index is 0.0775. The highest BCUT2D eigenvalue weighted by molar-refractivity contribution is 9.11. The number of benzene rings is 2. The van der Waals surface area contributed by atoms with Crippen LogP contribution in [0.25, 0.3) is 11.0 Å². The van der Waals surface area contributed by atoms with E-state index >= 15 is 0 Å². The monoisotopic (exact) mass is 471 g/mol. The van der Waals surface area contributed by atoms with Crippen molar-refractivity contribution in [1.29, 1.82) is 0 Å². The number of hydrogen-bond acceptors (Lipinski definition) is 2. The van der Waals surface area contributed by atoms with Crippen molar-refractivity contribution in [2.24, 2.45) is 0 Å². The Kier molecular flexibility index (Phi) is 4.43. The van der Waals surface area contributed by atoms with Crippen LogP contribution in [0.5, 0.6) is 0 Å². The SMILES string of the molecule is CC(Nc1ccc(Br)cc1Br)c1cc2cc(Br)ccc2o1. The molecule has 0 bridgehead atoms. The van der Waals surface area contributed by atoms with E-state index in [1.54, 1.807) is 0 Å². The molecule has 21 heavy (non-hydrogen) atoms. The van der Waals surface area contributed by atoms with Crippen LogP contribution >= 0.6 is 47.8 Å². The molecule has 0 aliphatic heterocycles. The molecule has 2 nitrogen and oxygen atoms in total. The molecule has 1 unspecified atom stereocenters. The Balaban J connectivity index is 1.87. The fourth-order valence-electron chi connectivity index (χ4n) is 2.16. The van der Waals surface area contributed by atoms with Gasteiger partial charge in [0, 0.05) is 24.5 Å². The average Bonchev–Trinajstić information content (AvgIpc) is 2.85. The summed E-state index contributed by atoms with van der Waals surface area (Å²) in [7, 11) is 0. The van der Waals surface area contributed by atoms with Crippen LogP contribution < -0.4 is 5.32 Å². The molecule has 1 heterocycles. The maximum absolute atomic E-state index is 5.91. The minimum Gasteiger partial charge on any atom is -0.459 e. The van der Waals surface area contributed by atoms with Crippen molar-refractivity contribution in [2.75, 3.05) is 5.32 Å². The van der Waals surface area contributed by atoms with Crippen molar-refractivity contribution in [3.8, 4) is 0 Å². The van der Waals surface area contributed by atoms with Gasteiger partial charge in [0.15, 0.2) is 0 Å². The van der Waals surface area contributed by atoms with Crippen molar-refractivity contribution >= 4 is 64.4 Å². The number of rotatable bonds is 3. The molecule has 1 atom stereocenters. The molecule has 5 heteroatoms. The van der Waals surface area contributed by atoms with Crippen molar-refractivity contribution in [2.45, 2.75) is 13.0 Å². The molecule has 0 saturated carbocycles. The first-order valence-electron chi connectivity index (χ1n) is 6.43. The predicted octanol–water partition coefficient (Wildman–Crippen LogP) is 6.89. The van der Waals surface area contributed by atoms with Crippen LogP contribution in [0.2, 0.25) is 0 Å². The molecule has 0 saturated heterocycles. The largest absolute Gasteiger partial charge is 0.459 e. The Morgan fingerprint density at radius 2 is 1.67 bits per heavy atom. The molecule has 0 amide bonds. The minimum atomic E-state index is 0.0775. The summed E-state index contributed by atoms with van der Waals surface area (Å²) in [6, 6.07) is 14.2. The lowest BCUT2D eigenvalue weighted by molar-refractivity contribution is 0.526. The molecule has 2 aromatic carbocycles. The second-order valence-corrected chi connectivity index (χ2v) is 7.51. The van der Waals surface area contributed by atoms with E-state index in [2.05, 4.69) is 72.2 Å². The van der Waals surface area contributed by atoms with Crippen LogP contribution in [0.3, 0.4) is 0 Å². The lowest BCUT2D eigenvalue weighted by Crippen LogP contribution is -2.05. The van der Waals surface area contributed by atoms with Gasteiger partial charge < -0.3 is 9.73 Å². The van der Waals surface area contributed by atoms with Crippen molar-refractivity contribution in [1.82, 2.24) is 0 Å². The zero-order chi connectivity index (χ0) is 15.0.